The maximum Gasteiger partial charge on any atom is 0.230 e. The van der Waals surface area contributed by atoms with Crippen LogP contribution < -0.4 is 10.5 Å². The first-order chi connectivity index (χ1) is 9.86. The summed E-state index contributed by atoms with van der Waals surface area (Å²) >= 11 is 0. The number of rotatable bonds is 5. The molecule has 0 aromatic heterocycles. The summed E-state index contributed by atoms with van der Waals surface area (Å²) in [5.74, 6) is 0.389. The molecule has 0 spiro atoms. The Bertz CT molecular complexity index is 472. The molecule has 2 fully saturated rings. The molecule has 0 radical (unpaired) electrons. The van der Waals surface area contributed by atoms with E-state index in [1.807, 2.05) is 4.90 Å². The van der Waals surface area contributed by atoms with Crippen LogP contribution in [0.4, 0.5) is 0 Å². The molecule has 0 aromatic carbocycles. The Morgan fingerprint density at radius 1 is 1.33 bits per heavy atom. The zero-order chi connectivity index (χ0) is 15.5. The van der Waals surface area contributed by atoms with Crippen molar-refractivity contribution in [3.05, 3.63) is 0 Å². The summed E-state index contributed by atoms with van der Waals surface area (Å²) in [7, 11) is -3.17. The molecule has 6 nitrogen and oxygen atoms in total. The lowest BCUT2D eigenvalue weighted by Crippen LogP contribution is -2.51. The van der Waals surface area contributed by atoms with Crippen molar-refractivity contribution in [3.63, 3.8) is 0 Å². The predicted octanol–water partition coefficient (Wildman–Crippen LogP) is 0.293. The van der Waals surface area contributed by atoms with Crippen molar-refractivity contribution in [2.75, 3.05) is 32.4 Å². The van der Waals surface area contributed by atoms with Gasteiger partial charge in [0, 0.05) is 26.2 Å². The summed E-state index contributed by atoms with van der Waals surface area (Å²) in [6.45, 7) is 2.26. The molecule has 2 rings (SSSR count). The van der Waals surface area contributed by atoms with Gasteiger partial charge in [-0.2, -0.15) is 0 Å². The Kier molecular flexibility index (Phi) is 5.27. The standard InChI is InChI=1S/C14H27N3O3S/c1-21(19,20)16-9-12-5-4-8-17(10-12)13(18)14(11-15)6-2-3-7-14/h12,16H,2-11,15H2,1H3. The number of carbonyl (C=O) groups excluding carboxylic acids is 1. The molecule has 1 aliphatic carbocycles. The molecule has 0 aromatic rings. The van der Waals surface area contributed by atoms with Gasteiger partial charge in [-0.05, 0) is 31.6 Å². The molecule has 2 aliphatic rings. The van der Waals surface area contributed by atoms with E-state index in [1.165, 1.54) is 6.26 Å². The lowest BCUT2D eigenvalue weighted by molar-refractivity contribution is -0.143. The minimum absolute atomic E-state index is 0.187. The highest BCUT2D eigenvalue weighted by Gasteiger charge is 2.43. The Morgan fingerprint density at radius 3 is 2.57 bits per heavy atom. The highest BCUT2D eigenvalue weighted by atomic mass is 32.2. The van der Waals surface area contributed by atoms with E-state index in [1.54, 1.807) is 0 Å². The van der Waals surface area contributed by atoms with Crippen molar-refractivity contribution in [1.82, 2.24) is 9.62 Å². The highest BCUT2D eigenvalue weighted by molar-refractivity contribution is 7.88. The van der Waals surface area contributed by atoms with Crippen LogP contribution in [-0.2, 0) is 14.8 Å². The average Bonchev–Trinajstić information content (AvgIpc) is 2.94. The molecule has 1 amide bonds. The van der Waals surface area contributed by atoms with Crippen molar-refractivity contribution in [3.8, 4) is 0 Å². The molecule has 1 saturated heterocycles. The van der Waals surface area contributed by atoms with E-state index >= 15 is 0 Å². The molecule has 1 heterocycles. The van der Waals surface area contributed by atoms with Gasteiger partial charge < -0.3 is 10.6 Å². The van der Waals surface area contributed by atoms with Crippen molar-refractivity contribution < 1.29 is 13.2 Å². The summed E-state index contributed by atoms with van der Waals surface area (Å²) in [4.78, 5) is 14.7. The number of piperidine rings is 1. The number of sulfonamides is 1. The Balaban J connectivity index is 1.95. The third-order valence-electron chi connectivity index (χ3n) is 4.85. The van der Waals surface area contributed by atoms with Crippen molar-refractivity contribution >= 4 is 15.9 Å². The Hall–Kier alpha value is -0.660. The molecule has 7 heteroatoms. The van der Waals surface area contributed by atoms with E-state index in [0.29, 0.717) is 19.6 Å². The summed E-state index contributed by atoms with van der Waals surface area (Å²) in [5, 5.41) is 0. The lowest BCUT2D eigenvalue weighted by atomic mass is 9.83. The fraction of sp³-hybridized carbons (Fsp3) is 0.929. The van der Waals surface area contributed by atoms with Crippen LogP contribution in [0.25, 0.3) is 0 Å². The number of nitrogens with two attached hydrogens (primary N) is 1. The first kappa shape index (κ1) is 16.7. The van der Waals surface area contributed by atoms with E-state index in [0.717, 1.165) is 45.1 Å². The van der Waals surface area contributed by atoms with Crippen LogP contribution in [0, 0.1) is 11.3 Å². The van der Waals surface area contributed by atoms with E-state index in [2.05, 4.69) is 4.72 Å². The lowest BCUT2D eigenvalue weighted by Gasteiger charge is -2.38. The molecule has 1 saturated carbocycles. The van der Waals surface area contributed by atoms with Crippen LogP contribution in [-0.4, -0.2) is 51.7 Å². The molecule has 1 unspecified atom stereocenters. The zero-order valence-corrected chi connectivity index (χ0v) is 13.6. The molecule has 1 aliphatic heterocycles. The van der Waals surface area contributed by atoms with Crippen LogP contribution in [0.3, 0.4) is 0 Å². The van der Waals surface area contributed by atoms with E-state index in [4.69, 9.17) is 5.73 Å². The number of hydrogen-bond acceptors (Lipinski definition) is 4. The van der Waals surface area contributed by atoms with Crippen LogP contribution in [0.5, 0.6) is 0 Å². The SMILES string of the molecule is CS(=O)(=O)NCC1CCCN(C(=O)C2(CN)CCCC2)C1. The molecule has 1 atom stereocenters. The minimum Gasteiger partial charge on any atom is -0.342 e. The molecular weight excluding hydrogens is 290 g/mol. The van der Waals surface area contributed by atoms with Gasteiger partial charge in [0.25, 0.3) is 0 Å². The Labute approximate surface area is 127 Å². The molecule has 21 heavy (non-hydrogen) atoms. The number of amides is 1. The predicted molar refractivity (Wildman–Crippen MR) is 82.1 cm³/mol. The first-order valence-corrected chi connectivity index (χ1v) is 9.69. The van der Waals surface area contributed by atoms with Crippen LogP contribution >= 0.6 is 0 Å². The summed E-state index contributed by atoms with van der Waals surface area (Å²) < 4.78 is 24.9. The number of hydrogen-bond donors (Lipinski definition) is 2. The largest absolute Gasteiger partial charge is 0.342 e. The number of nitrogens with one attached hydrogen (secondary N) is 1. The maximum atomic E-state index is 12.8. The average molecular weight is 317 g/mol. The van der Waals surface area contributed by atoms with E-state index in [9.17, 15) is 13.2 Å². The van der Waals surface area contributed by atoms with Gasteiger partial charge in [-0.3, -0.25) is 4.79 Å². The van der Waals surface area contributed by atoms with Gasteiger partial charge in [0.15, 0.2) is 0 Å². The smallest absolute Gasteiger partial charge is 0.230 e. The van der Waals surface area contributed by atoms with Gasteiger partial charge in [0.1, 0.15) is 0 Å². The number of likely N-dealkylation sites (tertiary alicyclic amines) is 1. The molecule has 0 bridgehead atoms. The van der Waals surface area contributed by atoms with E-state index < -0.39 is 10.0 Å². The van der Waals surface area contributed by atoms with Crippen molar-refractivity contribution in [1.29, 1.82) is 0 Å². The third-order valence-corrected chi connectivity index (χ3v) is 5.54. The molecular formula is C14H27N3O3S. The monoisotopic (exact) mass is 317 g/mol. The van der Waals surface area contributed by atoms with Gasteiger partial charge in [-0.25, -0.2) is 13.1 Å². The number of nitrogens with zero attached hydrogens (tertiary/aromatic N) is 1. The quantitative estimate of drug-likeness (QED) is 0.762. The topological polar surface area (TPSA) is 92.5 Å². The first-order valence-electron chi connectivity index (χ1n) is 7.80. The maximum absolute atomic E-state index is 12.8. The van der Waals surface area contributed by atoms with Crippen LogP contribution in [0.2, 0.25) is 0 Å². The van der Waals surface area contributed by atoms with Crippen LogP contribution in [0.15, 0.2) is 0 Å². The van der Waals surface area contributed by atoms with Gasteiger partial charge in [0.2, 0.25) is 15.9 Å². The second-order valence-corrected chi connectivity index (χ2v) is 8.40. The van der Waals surface area contributed by atoms with E-state index in [-0.39, 0.29) is 17.2 Å². The normalized spacial score (nSPS) is 26.0. The summed E-state index contributed by atoms with van der Waals surface area (Å²) in [5.41, 5.74) is 5.53. The van der Waals surface area contributed by atoms with Crippen LogP contribution in [0.1, 0.15) is 38.5 Å². The fourth-order valence-electron chi connectivity index (χ4n) is 3.58. The van der Waals surface area contributed by atoms with Gasteiger partial charge in [-0.15, -0.1) is 0 Å². The summed E-state index contributed by atoms with van der Waals surface area (Å²) in [6.07, 6.45) is 7.01. The third kappa shape index (κ3) is 4.17. The van der Waals surface area contributed by atoms with Crippen molar-refractivity contribution in [2.24, 2.45) is 17.1 Å². The summed E-state index contributed by atoms with van der Waals surface area (Å²) in [6, 6.07) is 0. The van der Waals surface area contributed by atoms with Gasteiger partial charge in [-0.1, -0.05) is 12.8 Å². The van der Waals surface area contributed by atoms with Gasteiger partial charge in [0.05, 0.1) is 11.7 Å². The second kappa shape index (κ2) is 6.62. The number of carbonyl (C=O) groups is 1. The Morgan fingerprint density at radius 2 is 2.00 bits per heavy atom. The molecule has 122 valence electrons. The minimum atomic E-state index is -3.17. The van der Waals surface area contributed by atoms with Gasteiger partial charge >= 0.3 is 0 Å². The second-order valence-electron chi connectivity index (χ2n) is 6.57. The fourth-order valence-corrected chi connectivity index (χ4v) is 4.12. The zero-order valence-electron chi connectivity index (χ0n) is 12.8. The molecule has 3 N–H and O–H groups in total. The highest BCUT2D eigenvalue weighted by Crippen LogP contribution is 2.39. The van der Waals surface area contributed by atoms with Crippen molar-refractivity contribution in [2.45, 2.75) is 38.5 Å².